The Morgan fingerprint density at radius 2 is 1.91 bits per heavy atom. The molecule has 0 spiro atoms. The number of fused-ring (bicyclic) bond motifs is 2. The minimum Gasteiger partial charge on any atom is -0.486 e. The molecule has 0 unspecified atom stereocenters. The second kappa shape index (κ2) is 9.52. The van der Waals surface area contributed by atoms with Gasteiger partial charge in [-0.3, -0.25) is 9.78 Å². The zero-order chi connectivity index (χ0) is 23.5. The summed E-state index contributed by atoms with van der Waals surface area (Å²) in [6.45, 7) is 3.86. The lowest BCUT2D eigenvalue weighted by atomic mass is 10.1. The van der Waals surface area contributed by atoms with E-state index < -0.39 is 0 Å². The largest absolute Gasteiger partial charge is 0.486 e. The number of nitrogens with zero attached hydrogens (tertiary/aromatic N) is 2. The number of aromatic nitrogens is 2. The number of nitrogens with one attached hydrogen (secondary N) is 2. The van der Waals surface area contributed by atoms with Crippen molar-refractivity contribution in [2.24, 2.45) is 0 Å². The highest BCUT2D eigenvalue weighted by atomic mass is 32.1. The predicted molar refractivity (Wildman–Crippen MR) is 136 cm³/mol. The third kappa shape index (κ3) is 4.87. The highest BCUT2D eigenvalue weighted by Gasteiger charge is 2.17. The lowest BCUT2D eigenvalue weighted by Crippen LogP contribution is -2.35. The first-order valence-corrected chi connectivity index (χ1v) is 11.4. The first kappa shape index (κ1) is 21.9. The zero-order valence-corrected chi connectivity index (χ0v) is 19.5. The molecule has 1 aliphatic rings. The van der Waals surface area contributed by atoms with Crippen LogP contribution in [-0.2, 0) is 13.1 Å². The van der Waals surface area contributed by atoms with Gasteiger partial charge in [0, 0.05) is 41.6 Å². The molecule has 3 heterocycles. The van der Waals surface area contributed by atoms with Gasteiger partial charge in [-0.25, -0.2) is 0 Å². The maximum Gasteiger partial charge on any atom is 0.253 e. The van der Waals surface area contributed by atoms with E-state index in [-0.39, 0.29) is 5.56 Å². The molecule has 1 aliphatic heterocycles. The van der Waals surface area contributed by atoms with E-state index in [9.17, 15) is 4.79 Å². The SMILES string of the molecule is Cc1cccc(NC(=S)N(Cc2cccnc2)Cc2cc3cc4c(cc3[nH]c2=O)OCCO4)c1. The standard InChI is InChI=1S/C26H24N4O3S/c1-17-4-2-6-21(10-17)28-26(34)30(15-18-5-3-7-27-14-18)16-20-11-19-12-23-24(33-9-8-32-23)13-22(19)29-25(20)31/h2-7,10-14H,8-9,15-16H2,1H3,(H,28,34)(H,29,31). The Morgan fingerprint density at radius 1 is 1.09 bits per heavy atom. The van der Waals surface area contributed by atoms with E-state index in [2.05, 4.69) is 15.3 Å². The number of benzene rings is 2. The topological polar surface area (TPSA) is 79.5 Å². The Kier molecular flexibility index (Phi) is 6.14. The Labute approximate surface area is 202 Å². The number of hydrogen-bond acceptors (Lipinski definition) is 5. The van der Waals surface area contributed by atoms with Crippen LogP contribution < -0.4 is 20.3 Å². The number of aryl methyl sites for hydroxylation is 1. The maximum absolute atomic E-state index is 13.0. The van der Waals surface area contributed by atoms with Gasteiger partial charge < -0.3 is 24.7 Å². The van der Waals surface area contributed by atoms with Crippen molar-refractivity contribution in [3.05, 3.63) is 94.0 Å². The van der Waals surface area contributed by atoms with E-state index in [4.69, 9.17) is 21.7 Å². The Morgan fingerprint density at radius 3 is 2.68 bits per heavy atom. The molecule has 2 aromatic heterocycles. The number of rotatable bonds is 5. The second-order valence-corrected chi connectivity index (χ2v) is 8.61. The Bertz CT molecular complexity index is 1400. The summed E-state index contributed by atoms with van der Waals surface area (Å²) >= 11 is 5.76. The van der Waals surface area contributed by atoms with Gasteiger partial charge in [-0.05, 0) is 60.6 Å². The molecule has 0 radical (unpaired) electrons. The van der Waals surface area contributed by atoms with E-state index in [1.807, 2.05) is 66.4 Å². The van der Waals surface area contributed by atoms with Crippen LogP contribution in [-0.4, -0.2) is 33.2 Å². The number of pyridine rings is 2. The minimum absolute atomic E-state index is 0.168. The first-order chi connectivity index (χ1) is 16.5. The lowest BCUT2D eigenvalue weighted by Gasteiger charge is -2.26. The van der Waals surface area contributed by atoms with Gasteiger partial charge in [0.05, 0.1) is 12.1 Å². The fraction of sp³-hybridized carbons (Fsp3) is 0.192. The summed E-state index contributed by atoms with van der Waals surface area (Å²) in [5.74, 6) is 1.32. The number of ether oxygens (including phenoxy) is 2. The van der Waals surface area contributed by atoms with Gasteiger partial charge in [0.15, 0.2) is 16.6 Å². The molecule has 8 heteroatoms. The summed E-state index contributed by atoms with van der Waals surface area (Å²) in [6, 6.07) is 17.5. The van der Waals surface area contributed by atoms with Crippen LogP contribution in [0.1, 0.15) is 16.7 Å². The van der Waals surface area contributed by atoms with Gasteiger partial charge in [0.1, 0.15) is 13.2 Å². The van der Waals surface area contributed by atoms with Crippen LogP contribution in [0.3, 0.4) is 0 Å². The van der Waals surface area contributed by atoms with Crippen molar-refractivity contribution < 1.29 is 9.47 Å². The van der Waals surface area contributed by atoms with Gasteiger partial charge in [-0.2, -0.15) is 0 Å². The van der Waals surface area contributed by atoms with Crippen molar-refractivity contribution in [1.82, 2.24) is 14.9 Å². The predicted octanol–water partition coefficient (Wildman–Crippen LogP) is 4.40. The number of H-pyrrole nitrogens is 1. The fourth-order valence-electron chi connectivity index (χ4n) is 3.95. The third-order valence-corrected chi connectivity index (χ3v) is 5.96. The van der Waals surface area contributed by atoms with Crippen molar-refractivity contribution in [2.75, 3.05) is 18.5 Å². The highest BCUT2D eigenvalue weighted by Crippen LogP contribution is 2.33. The van der Waals surface area contributed by atoms with E-state index in [0.717, 1.165) is 22.2 Å². The highest BCUT2D eigenvalue weighted by molar-refractivity contribution is 7.80. The van der Waals surface area contributed by atoms with Gasteiger partial charge in [0.25, 0.3) is 5.56 Å². The summed E-state index contributed by atoms with van der Waals surface area (Å²) in [5, 5.41) is 4.71. The molecule has 0 amide bonds. The van der Waals surface area contributed by atoms with E-state index >= 15 is 0 Å². The quantitative estimate of drug-likeness (QED) is 0.417. The normalized spacial score (nSPS) is 12.4. The van der Waals surface area contributed by atoms with Crippen molar-refractivity contribution in [2.45, 2.75) is 20.0 Å². The summed E-state index contributed by atoms with van der Waals surface area (Å²) < 4.78 is 11.4. The van der Waals surface area contributed by atoms with E-state index in [0.29, 0.717) is 54.0 Å². The number of thiocarbonyl (C=S) groups is 1. The molecule has 0 aliphatic carbocycles. The molecule has 2 aromatic carbocycles. The van der Waals surface area contributed by atoms with E-state index in [1.54, 1.807) is 12.4 Å². The molecule has 34 heavy (non-hydrogen) atoms. The minimum atomic E-state index is -0.168. The number of hydrogen-bond donors (Lipinski definition) is 2. The Hall–Kier alpha value is -3.91. The van der Waals surface area contributed by atoms with Crippen LogP contribution in [0, 0.1) is 6.92 Å². The van der Waals surface area contributed by atoms with Crippen LogP contribution in [0.25, 0.3) is 10.9 Å². The molecule has 4 aromatic rings. The van der Waals surface area contributed by atoms with Crippen LogP contribution >= 0.6 is 12.2 Å². The average Bonchev–Trinajstić information content (AvgIpc) is 2.83. The monoisotopic (exact) mass is 472 g/mol. The molecular weight excluding hydrogens is 448 g/mol. The zero-order valence-electron chi connectivity index (χ0n) is 18.7. The number of aromatic amines is 1. The van der Waals surface area contributed by atoms with E-state index in [1.165, 1.54) is 0 Å². The molecule has 172 valence electrons. The summed E-state index contributed by atoms with van der Waals surface area (Å²) in [4.78, 5) is 22.1. The molecule has 0 saturated carbocycles. The lowest BCUT2D eigenvalue weighted by molar-refractivity contribution is 0.172. The molecule has 0 saturated heterocycles. The van der Waals surface area contributed by atoms with Crippen LogP contribution in [0.15, 0.2) is 71.8 Å². The smallest absolute Gasteiger partial charge is 0.253 e. The molecule has 7 nitrogen and oxygen atoms in total. The van der Waals surface area contributed by atoms with Gasteiger partial charge >= 0.3 is 0 Å². The fourth-order valence-corrected chi connectivity index (χ4v) is 4.19. The molecule has 0 bridgehead atoms. The van der Waals surface area contributed by atoms with Gasteiger partial charge in [0.2, 0.25) is 0 Å². The second-order valence-electron chi connectivity index (χ2n) is 8.22. The van der Waals surface area contributed by atoms with Crippen LogP contribution in [0.2, 0.25) is 0 Å². The third-order valence-electron chi connectivity index (χ3n) is 5.60. The molecular formula is C26H24N4O3S. The molecule has 5 rings (SSSR count). The van der Waals surface area contributed by atoms with Crippen molar-refractivity contribution in [3.63, 3.8) is 0 Å². The maximum atomic E-state index is 13.0. The average molecular weight is 473 g/mol. The van der Waals surface area contributed by atoms with Gasteiger partial charge in [-0.15, -0.1) is 0 Å². The Balaban J connectivity index is 1.46. The van der Waals surface area contributed by atoms with Crippen LogP contribution in [0.5, 0.6) is 11.5 Å². The molecule has 2 N–H and O–H groups in total. The summed E-state index contributed by atoms with van der Waals surface area (Å²) in [6.07, 6.45) is 3.54. The first-order valence-electron chi connectivity index (χ1n) is 11.0. The van der Waals surface area contributed by atoms with Gasteiger partial charge in [-0.1, -0.05) is 18.2 Å². The number of anilines is 1. The van der Waals surface area contributed by atoms with Crippen molar-refractivity contribution in [1.29, 1.82) is 0 Å². The molecule has 0 atom stereocenters. The summed E-state index contributed by atoms with van der Waals surface area (Å²) in [5.41, 5.74) is 4.16. The molecule has 0 fully saturated rings. The summed E-state index contributed by atoms with van der Waals surface area (Å²) in [7, 11) is 0. The van der Waals surface area contributed by atoms with Crippen LogP contribution in [0.4, 0.5) is 5.69 Å². The van der Waals surface area contributed by atoms with Crippen molar-refractivity contribution in [3.8, 4) is 11.5 Å². The van der Waals surface area contributed by atoms with Crippen molar-refractivity contribution >= 4 is 33.9 Å².